The molecule has 2 N–H and O–H groups in total. The van der Waals surface area contributed by atoms with Crippen LogP contribution in [0, 0.1) is 0 Å². The van der Waals surface area contributed by atoms with Crippen LogP contribution in [0.5, 0.6) is 5.75 Å². The number of amides is 1. The first-order valence-electron chi connectivity index (χ1n) is 5.18. The molecule has 16 heavy (non-hydrogen) atoms. The van der Waals surface area contributed by atoms with E-state index in [-0.39, 0.29) is 5.91 Å². The lowest BCUT2D eigenvalue weighted by Crippen LogP contribution is -2.39. The predicted octanol–water partition coefficient (Wildman–Crippen LogP) is 1.00. The lowest BCUT2D eigenvalue weighted by molar-refractivity contribution is -0.131. The first kappa shape index (κ1) is 12.5. The van der Waals surface area contributed by atoms with Gasteiger partial charge in [-0.25, -0.2) is 0 Å². The molecular formula is C12H18N2O2. The van der Waals surface area contributed by atoms with E-state index < -0.39 is 6.04 Å². The Kier molecular flexibility index (Phi) is 4.31. The molecule has 0 aliphatic heterocycles. The Morgan fingerprint density at radius 2 is 2.25 bits per heavy atom. The fourth-order valence-corrected chi connectivity index (χ4v) is 1.47. The highest BCUT2D eigenvalue weighted by Crippen LogP contribution is 2.13. The molecule has 0 saturated carbocycles. The summed E-state index contributed by atoms with van der Waals surface area (Å²) in [6, 6.07) is 7.17. The number of nitrogens with two attached hydrogens (primary N) is 1. The van der Waals surface area contributed by atoms with Crippen molar-refractivity contribution in [3.05, 3.63) is 29.8 Å². The topological polar surface area (TPSA) is 55.6 Å². The van der Waals surface area contributed by atoms with Gasteiger partial charge >= 0.3 is 0 Å². The van der Waals surface area contributed by atoms with Crippen LogP contribution in [-0.4, -0.2) is 31.0 Å². The van der Waals surface area contributed by atoms with Gasteiger partial charge in [0.25, 0.3) is 0 Å². The zero-order valence-electron chi connectivity index (χ0n) is 9.93. The normalized spacial score (nSPS) is 12.0. The van der Waals surface area contributed by atoms with E-state index in [0.717, 1.165) is 11.3 Å². The van der Waals surface area contributed by atoms with Gasteiger partial charge in [-0.05, 0) is 24.6 Å². The Morgan fingerprint density at radius 3 is 2.81 bits per heavy atom. The number of carbonyl (C=O) groups is 1. The third kappa shape index (κ3) is 3.24. The molecule has 1 aromatic rings. The lowest BCUT2D eigenvalue weighted by Gasteiger charge is -2.19. The van der Waals surface area contributed by atoms with Gasteiger partial charge < -0.3 is 15.4 Å². The molecule has 0 saturated heterocycles. The van der Waals surface area contributed by atoms with Crippen LogP contribution in [0.2, 0.25) is 0 Å². The van der Waals surface area contributed by atoms with E-state index in [0.29, 0.717) is 6.54 Å². The summed E-state index contributed by atoms with van der Waals surface area (Å²) in [5.41, 5.74) is 6.55. The molecule has 1 atom stereocenters. The molecule has 1 rings (SSSR count). The summed E-state index contributed by atoms with van der Waals surface area (Å²) < 4.78 is 5.12. The third-order valence-corrected chi connectivity index (χ3v) is 2.32. The van der Waals surface area contributed by atoms with Crippen molar-refractivity contribution in [1.82, 2.24) is 4.90 Å². The number of carbonyl (C=O) groups excluding carboxylic acids is 1. The van der Waals surface area contributed by atoms with Gasteiger partial charge in [0.2, 0.25) is 5.91 Å². The molecule has 88 valence electrons. The number of likely N-dealkylation sites (N-methyl/N-ethyl adjacent to an activating group) is 1. The van der Waals surface area contributed by atoms with Crippen LogP contribution in [0.3, 0.4) is 0 Å². The number of rotatable bonds is 4. The van der Waals surface area contributed by atoms with Crippen LogP contribution in [0.15, 0.2) is 24.3 Å². The molecular weight excluding hydrogens is 204 g/mol. The minimum Gasteiger partial charge on any atom is -0.497 e. The number of nitrogens with zero attached hydrogens (tertiary/aromatic N) is 1. The van der Waals surface area contributed by atoms with Crippen molar-refractivity contribution in [1.29, 1.82) is 0 Å². The van der Waals surface area contributed by atoms with Gasteiger partial charge in [0.05, 0.1) is 13.2 Å². The van der Waals surface area contributed by atoms with Crippen LogP contribution in [0.25, 0.3) is 0 Å². The zero-order valence-corrected chi connectivity index (χ0v) is 9.93. The number of benzene rings is 1. The van der Waals surface area contributed by atoms with Crippen molar-refractivity contribution in [3.63, 3.8) is 0 Å². The predicted molar refractivity (Wildman–Crippen MR) is 63.1 cm³/mol. The van der Waals surface area contributed by atoms with Crippen molar-refractivity contribution in [2.75, 3.05) is 14.2 Å². The van der Waals surface area contributed by atoms with E-state index in [9.17, 15) is 4.79 Å². The monoisotopic (exact) mass is 222 g/mol. The smallest absolute Gasteiger partial charge is 0.239 e. The van der Waals surface area contributed by atoms with Gasteiger partial charge in [-0.2, -0.15) is 0 Å². The van der Waals surface area contributed by atoms with E-state index in [1.807, 2.05) is 24.3 Å². The maximum absolute atomic E-state index is 11.6. The van der Waals surface area contributed by atoms with Crippen molar-refractivity contribution >= 4 is 5.91 Å². The standard InChI is InChI=1S/C12H18N2O2/c1-9(13)12(15)14(2)8-10-5-4-6-11(7-10)16-3/h4-7,9H,8,13H2,1-3H3/t9-/m0/s1. The summed E-state index contributed by atoms with van der Waals surface area (Å²) in [5, 5.41) is 0. The molecule has 0 fully saturated rings. The average molecular weight is 222 g/mol. The number of methoxy groups -OCH3 is 1. The third-order valence-electron chi connectivity index (χ3n) is 2.32. The van der Waals surface area contributed by atoms with Gasteiger partial charge in [0.15, 0.2) is 0 Å². The molecule has 0 radical (unpaired) electrons. The highest BCUT2D eigenvalue weighted by atomic mass is 16.5. The summed E-state index contributed by atoms with van der Waals surface area (Å²) in [4.78, 5) is 13.2. The lowest BCUT2D eigenvalue weighted by atomic mass is 10.2. The molecule has 0 aliphatic rings. The quantitative estimate of drug-likeness (QED) is 0.827. The maximum atomic E-state index is 11.6. The molecule has 0 spiro atoms. The highest BCUT2D eigenvalue weighted by Gasteiger charge is 2.13. The Morgan fingerprint density at radius 1 is 1.56 bits per heavy atom. The van der Waals surface area contributed by atoms with Gasteiger partial charge in [0, 0.05) is 13.6 Å². The van der Waals surface area contributed by atoms with Crippen LogP contribution in [0.4, 0.5) is 0 Å². The second-order valence-electron chi connectivity index (χ2n) is 3.83. The second-order valence-corrected chi connectivity index (χ2v) is 3.83. The first-order valence-corrected chi connectivity index (χ1v) is 5.18. The Bertz CT molecular complexity index is 364. The van der Waals surface area contributed by atoms with Crippen LogP contribution in [-0.2, 0) is 11.3 Å². The zero-order chi connectivity index (χ0) is 12.1. The second kappa shape index (κ2) is 5.51. The largest absolute Gasteiger partial charge is 0.497 e. The van der Waals surface area contributed by atoms with Gasteiger partial charge in [-0.3, -0.25) is 4.79 Å². The van der Waals surface area contributed by atoms with E-state index in [1.54, 1.807) is 26.0 Å². The summed E-state index contributed by atoms with van der Waals surface area (Å²) in [6.07, 6.45) is 0. The van der Waals surface area contributed by atoms with Crippen molar-refractivity contribution in [2.45, 2.75) is 19.5 Å². The van der Waals surface area contributed by atoms with E-state index >= 15 is 0 Å². The molecule has 0 unspecified atom stereocenters. The Balaban J connectivity index is 2.69. The molecule has 0 heterocycles. The van der Waals surface area contributed by atoms with E-state index in [2.05, 4.69) is 0 Å². The summed E-state index contributed by atoms with van der Waals surface area (Å²) in [6.45, 7) is 2.22. The molecule has 0 bridgehead atoms. The number of ether oxygens (including phenoxy) is 1. The Labute approximate surface area is 96.0 Å². The molecule has 1 amide bonds. The number of hydrogen-bond donors (Lipinski definition) is 1. The molecule has 4 heteroatoms. The molecule has 0 aliphatic carbocycles. The highest BCUT2D eigenvalue weighted by molar-refractivity contribution is 5.80. The first-order chi connectivity index (χ1) is 7.54. The minimum absolute atomic E-state index is 0.0668. The summed E-state index contributed by atoms with van der Waals surface area (Å²) in [7, 11) is 3.36. The number of hydrogen-bond acceptors (Lipinski definition) is 3. The van der Waals surface area contributed by atoms with Crippen LogP contribution in [0.1, 0.15) is 12.5 Å². The van der Waals surface area contributed by atoms with Crippen LogP contribution >= 0.6 is 0 Å². The summed E-state index contributed by atoms with van der Waals surface area (Å²) in [5.74, 6) is 0.724. The van der Waals surface area contributed by atoms with Crippen molar-refractivity contribution in [3.8, 4) is 5.75 Å². The van der Waals surface area contributed by atoms with E-state index in [4.69, 9.17) is 10.5 Å². The average Bonchev–Trinajstić information content (AvgIpc) is 2.28. The van der Waals surface area contributed by atoms with Crippen molar-refractivity contribution in [2.24, 2.45) is 5.73 Å². The molecule has 0 aromatic heterocycles. The fourth-order valence-electron chi connectivity index (χ4n) is 1.47. The van der Waals surface area contributed by atoms with E-state index in [1.165, 1.54) is 0 Å². The van der Waals surface area contributed by atoms with Gasteiger partial charge in [-0.1, -0.05) is 12.1 Å². The van der Waals surface area contributed by atoms with Gasteiger partial charge in [-0.15, -0.1) is 0 Å². The molecule has 1 aromatic carbocycles. The van der Waals surface area contributed by atoms with Crippen LogP contribution < -0.4 is 10.5 Å². The van der Waals surface area contributed by atoms with Gasteiger partial charge in [0.1, 0.15) is 5.75 Å². The SMILES string of the molecule is COc1cccc(CN(C)C(=O)[C@H](C)N)c1. The summed E-state index contributed by atoms with van der Waals surface area (Å²) >= 11 is 0. The maximum Gasteiger partial charge on any atom is 0.239 e. The van der Waals surface area contributed by atoms with Crippen molar-refractivity contribution < 1.29 is 9.53 Å². The minimum atomic E-state index is -0.462. The Hall–Kier alpha value is -1.55. The fraction of sp³-hybridized carbons (Fsp3) is 0.417. The molecule has 4 nitrogen and oxygen atoms in total.